The number of carbonyl (C=O) groups is 1. The molecule has 102 valence electrons. The lowest BCUT2D eigenvalue weighted by Crippen LogP contribution is -2.35. The van der Waals surface area contributed by atoms with Crippen molar-refractivity contribution in [3.8, 4) is 0 Å². The average molecular weight is 266 g/mol. The van der Waals surface area contributed by atoms with Crippen LogP contribution in [-0.2, 0) is 20.3 Å². The van der Waals surface area contributed by atoms with Crippen molar-refractivity contribution < 1.29 is 18.8 Å². The molecule has 2 unspecified atom stereocenters. The van der Waals surface area contributed by atoms with Crippen LogP contribution in [0.25, 0.3) is 0 Å². The molecule has 0 aliphatic rings. The van der Waals surface area contributed by atoms with Crippen LogP contribution in [0.3, 0.4) is 0 Å². The molecule has 17 heavy (non-hydrogen) atoms. The molecule has 0 spiro atoms. The van der Waals surface area contributed by atoms with Gasteiger partial charge in [0, 0.05) is 45.1 Å². The molecule has 6 nitrogen and oxygen atoms in total. The summed E-state index contributed by atoms with van der Waals surface area (Å²) in [4.78, 5) is 12.6. The number of hydrogen-bond donors (Lipinski definition) is 2. The minimum absolute atomic E-state index is 0.0396. The van der Waals surface area contributed by atoms with Gasteiger partial charge in [-0.1, -0.05) is 0 Å². The fraction of sp³-hybridized carbons (Fsp3) is 0.900. The SMILES string of the molecule is COCCNCC(O)CS(=O)CC(=O)N(C)C. The van der Waals surface area contributed by atoms with Gasteiger partial charge in [0.2, 0.25) is 5.91 Å². The molecule has 2 N–H and O–H groups in total. The van der Waals surface area contributed by atoms with E-state index < -0.39 is 16.9 Å². The Morgan fingerprint density at radius 3 is 2.71 bits per heavy atom. The Kier molecular flexibility index (Phi) is 9.24. The number of nitrogens with zero attached hydrogens (tertiary/aromatic N) is 1. The van der Waals surface area contributed by atoms with Gasteiger partial charge in [0.25, 0.3) is 0 Å². The van der Waals surface area contributed by atoms with E-state index in [9.17, 15) is 14.1 Å². The lowest BCUT2D eigenvalue weighted by molar-refractivity contribution is -0.125. The summed E-state index contributed by atoms with van der Waals surface area (Å²) in [7, 11) is 3.50. The predicted octanol–water partition coefficient (Wildman–Crippen LogP) is -1.58. The van der Waals surface area contributed by atoms with Crippen LogP contribution in [0.1, 0.15) is 0 Å². The van der Waals surface area contributed by atoms with Gasteiger partial charge in [-0.05, 0) is 0 Å². The van der Waals surface area contributed by atoms with Crippen molar-refractivity contribution in [2.75, 3.05) is 52.4 Å². The standard InChI is InChI=1S/C10H22N2O4S/c1-12(2)10(14)8-17(15)7-9(13)6-11-4-5-16-3/h9,11,13H,4-8H2,1-3H3. The van der Waals surface area contributed by atoms with Crippen molar-refractivity contribution in [3.63, 3.8) is 0 Å². The van der Waals surface area contributed by atoms with Gasteiger partial charge >= 0.3 is 0 Å². The van der Waals surface area contributed by atoms with Crippen molar-refractivity contribution in [3.05, 3.63) is 0 Å². The van der Waals surface area contributed by atoms with E-state index in [2.05, 4.69) is 5.32 Å². The van der Waals surface area contributed by atoms with Crippen molar-refractivity contribution >= 4 is 16.7 Å². The fourth-order valence-corrected chi connectivity index (χ4v) is 2.24. The van der Waals surface area contributed by atoms with Crippen LogP contribution < -0.4 is 5.32 Å². The number of carbonyl (C=O) groups excluding carboxylic acids is 1. The fourth-order valence-electron chi connectivity index (χ4n) is 1.04. The molecule has 1 amide bonds. The molecule has 0 fully saturated rings. The molecule has 0 aromatic heterocycles. The van der Waals surface area contributed by atoms with E-state index in [1.165, 1.54) is 4.90 Å². The van der Waals surface area contributed by atoms with Crippen LogP contribution in [0, 0.1) is 0 Å². The Balaban J connectivity index is 3.69. The van der Waals surface area contributed by atoms with E-state index >= 15 is 0 Å². The number of aliphatic hydroxyl groups is 1. The zero-order valence-corrected chi connectivity index (χ0v) is 11.5. The maximum atomic E-state index is 11.5. The van der Waals surface area contributed by atoms with E-state index in [1.807, 2.05) is 0 Å². The third kappa shape index (κ3) is 9.22. The molecule has 2 atom stereocenters. The summed E-state index contributed by atoms with van der Waals surface area (Å²) in [6, 6.07) is 0. The minimum atomic E-state index is -1.32. The van der Waals surface area contributed by atoms with Gasteiger partial charge in [-0.15, -0.1) is 0 Å². The highest BCUT2D eigenvalue weighted by atomic mass is 32.2. The summed E-state index contributed by atoms with van der Waals surface area (Å²) >= 11 is 0. The second-order valence-electron chi connectivity index (χ2n) is 3.89. The molecule has 7 heteroatoms. The number of nitrogens with one attached hydrogen (secondary N) is 1. The lowest BCUT2D eigenvalue weighted by Gasteiger charge is -2.13. The molecule has 0 saturated heterocycles. The molecular formula is C10H22N2O4S. The van der Waals surface area contributed by atoms with Gasteiger partial charge in [0.15, 0.2) is 0 Å². The van der Waals surface area contributed by atoms with Gasteiger partial charge in [0.1, 0.15) is 5.75 Å². The van der Waals surface area contributed by atoms with Crippen molar-refractivity contribution in [2.45, 2.75) is 6.10 Å². The van der Waals surface area contributed by atoms with E-state index in [1.54, 1.807) is 21.2 Å². The summed E-state index contributed by atoms with van der Waals surface area (Å²) in [5.74, 6) is -0.121. The lowest BCUT2D eigenvalue weighted by atomic mass is 10.4. The van der Waals surface area contributed by atoms with Gasteiger partial charge in [-0.2, -0.15) is 0 Å². The summed E-state index contributed by atoms with van der Waals surface area (Å²) in [5.41, 5.74) is 0. The number of methoxy groups -OCH3 is 1. The first-order valence-electron chi connectivity index (χ1n) is 5.40. The van der Waals surface area contributed by atoms with E-state index in [-0.39, 0.29) is 17.4 Å². The Labute approximate surface area is 105 Å². The Hall–Kier alpha value is -0.500. The Morgan fingerprint density at radius 1 is 1.53 bits per heavy atom. The van der Waals surface area contributed by atoms with Gasteiger partial charge in [-0.25, -0.2) is 0 Å². The van der Waals surface area contributed by atoms with Gasteiger partial charge < -0.3 is 20.1 Å². The molecule has 0 aromatic rings. The maximum Gasteiger partial charge on any atom is 0.234 e. The van der Waals surface area contributed by atoms with Crippen molar-refractivity contribution in [2.24, 2.45) is 0 Å². The summed E-state index contributed by atoms with van der Waals surface area (Å²) in [6.07, 6.45) is -0.706. The smallest absolute Gasteiger partial charge is 0.234 e. The zero-order chi connectivity index (χ0) is 13.3. The Morgan fingerprint density at radius 2 is 2.18 bits per heavy atom. The van der Waals surface area contributed by atoms with Crippen LogP contribution >= 0.6 is 0 Å². The summed E-state index contributed by atoms with van der Waals surface area (Å²) < 4.78 is 16.3. The normalized spacial score (nSPS) is 14.4. The quantitative estimate of drug-likeness (QED) is 0.493. The molecular weight excluding hydrogens is 244 g/mol. The molecule has 0 aliphatic carbocycles. The highest BCUT2D eigenvalue weighted by Gasteiger charge is 2.13. The molecule has 0 rings (SSSR count). The largest absolute Gasteiger partial charge is 0.391 e. The zero-order valence-electron chi connectivity index (χ0n) is 10.6. The third-order valence-electron chi connectivity index (χ3n) is 2.02. The summed E-state index contributed by atoms with van der Waals surface area (Å²) in [5, 5.41) is 12.5. The monoisotopic (exact) mass is 266 g/mol. The van der Waals surface area contributed by atoms with Crippen molar-refractivity contribution in [1.29, 1.82) is 0 Å². The number of aliphatic hydroxyl groups excluding tert-OH is 1. The number of rotatable bonds is 9. The van der Waals surface area contributed by atoms with Crippen LogP contribution in [0.5, 0.6) is 0 Å². The minimum Gasteiger partial charge on any atom is -0.391 e. The van der Waals surface area contributed by atoms with E-state index in [0.29, 0.717) is 19.7 Å². The maximum absolute atomic E-state index is 11.5. The molecule has 0 aromatic carbocycles. The second-order valence-corrected chi connectivity index (χ2v) is 5.39. The predicted molar refractivity (Wildman–Crippen MR) is 67.3 cm³/mol. The van der Waals surface area contributed by atoms with Gasteiger partial charge in [-0.3, -0.25) is 9.00 Å². The number of hydrogen-bond acceptors (Lipinski definition) is 5. The highest BCUT2D eigenvalue weighted by Crippen LogP contribution is 1.91. The van der Waals surface area contributed by atoms with Crippen LogP contribution in [-0.4, -0.2) is 78.6 Å². The Bertz CT molecular complexity index is 248. The highest BCUT2D eigenvalue weighted by molar-refractivity contribution is 7.85. The van der Waals surface area contributed by atoms with Crippen molar-refractivity contribution in [1.82, 2.24) is 10.2 Å². The van der Waals surface area contributed by atoms with Gasteiger partial charge in [0.05, 0.1) is 18.5 Å². The molecule has 0 heterocycles. The first kappa shape index (κ1) is 16.5. The molecule has 0 bridgehead atoms. The second kappa shape index (κ2) is 9.52. The summed E-state index contributed by atoms with van der Waals surface area (Å²) in [6.45, 7) is 1.55. The van der Waals surface area contributed by atoms with Crippen LogP contribution in [0.2, 0.25) is 0 Å². The van der Waals surface area contributed by atoms with E-state index in [0.717, 1.165) is 0 Å². The first-order valence-corrected chi connectivity index (χ1v) is 6.89. The molecule has 0 radical (unpaired) electrons. The average Bonchev–Trinajstić information content (AvgIpc) is 2.24. The third-order valence-corrected chi connectivity index (χ3v) is 3.35. The number of ether oxygens (including phenoxy) is 1. The van der Waals surface area contributed by atoms with Crippen LogP contribution in [0.4, 0.5) is 0 Å². The number of amides is 1. The topological polar surface area (TPSA) is 78.9 Å². The molecule has 0 saturated carbocycles. The molecule has 0 aliphatic heterocycles. The first-order chi connectivity index (χ1) is 7.97. The van der Waals surface area contributed by atoms with E-state index in [4.69, 9.17) is 4.74 Å². The van der Waals surface area contributed by atoms with Crippen LogP contribution in [0.15, 0.2) is 0 Å².